The molecule has 0 saturated heterocycles. The molecule has 0 rings (SSSR count). The lowest BCUT2D eigenvalue weighted by Gasteiger charge is -2.12. The van der Waals surface area contributed by atoms with Crippen molar-refractivity contribution in [3.8, 4) is 0 Å². The number of hydrogen-bond acceptors (Lipinski definition) is 4. The molecule has 4 nitrogen and oxygen atoms in total. The van der Waals surface area contributed by atoms with E-state index in [0.717, 1.165) is 0 Å². The van der Waals surface area contributed by atoms with Crippen molar-refractivity contribution in [2.75, 3.05) is 14.2 Å². The first-order valence-corrected chi connectivity index (χ1v) is 1.98. The Morgan fingerprint density at radius 1 is 1.50 bits per heavy atom. The maximum Gasteiger partial charge on any atom is 0.197 e. The van der Waals surface area contributed by atoms with Gasteiger partial charge in [0.05, 0.1) is 5.97 Å². The molecule has 0 fully saturated rings. The second-order valence-electron chi connectivity index (χ2n) is 1.12. The molecule has 48 valence electrons. The molecule has 0 bridgehead atoms. The number of rotatable bonds is 3. The van der Waals surface area contributed by atoms with Crippen LogP contribution in [0.25, 0.3) is 0 Å². The van der Waals surface area contributed by atoms with E-state index in [2.05, 4.69) is 9.47 Å². The Morgan fingerprint density at radius 2 is 1.88 bits per heavy atom. The Bertz CT molecular complexity index is 76.1. The normalized spacial score (nSPS) is 9.88. The van der Waals surface area contributed by atoms with Gasteiger partial charge in [0.25, 0.3) is 0 Å². The predicted molar refractivity (Wildman–Crippen MR) is 22.8 cm³/mol. The molecule has 0 radical (unpaired) electrons. The Balaban J connectivity index is 3.52. The van der Waals surface area contributed by atoms with E-state index in [0.29, 0.717) is 0 Å². The van der Waals surface area contributed by atoms with E-state index in [1.165, 1.54) is 14.2 Å². The fraction of sp³-hybridized carbons (Fsp3) is 0.750. The average Bonchev–Trinajstić information content (AvgIpc) is 1.69. The van der Waals surface area contributed by atoms with Crippen molar-refractivity contribution in [1.29, 1.82) is 0 Å². The minimum atomic E-state index is -1.37. The van der Waals surface area contributed by atoms with Crippen LogP contribution in [-0.2, 0) is 14.3 Å². The van der Waals surface area contributed by atoms with Gasteiger partial charge in [-0.25, -0.2) is 0 Å². The van der Waals surface area contributed by atoms with Crippen molar-refractivity contribution < 1.29 is 19.4 Å². The first kappa shape index (κ1) is 7.39. The second-order valence-corrected chi connectivity index (χ2v) is 1.12. The smallest absolute Gasteiger partial charge is 0.197 e. The van der Waals surface area contributed by atoms with Crippen LogP contribution in [0.4, 0.5) is 0 Å². The largest absolute Gasteiger partial charge is 0.545 e. The van der Waals surface area contributed by atoms with E-state index in [9.17, 15) is 9.90 Å². The molecule has 0 spiro atoms. The highest BCUT2D eigenvalue weighted by Gasteiger charge is 2.02. The monoisotopic (exact) mass is 119 g/mol. The predicted octanol–water partition coefficient (Wildman–Crippen LogP) is -1.64. The van der Waals surface area contributed by atoms with Crippen LogP contribution in [0.3, 0.4) is 0 Å². The lowest BCUT2D eigenvalue weighted by atomic mass is 10.7. The molecule has 0 unspecified atom stereocenters. The average molecular weight is 119 g/mol. The third-order valence-corrected chi connectivity index (χ3v) is 0.621. The van der Waals surface area contributed by atoms with Gasteiger partial charge in [-0.15, -0.1) is 0 Å². The van der Waals surface area contributed by atoms with Gasteiger partial charge in [0.1, 0.15) is 0 Å². The van der Waals surface area contributed by atoms with Gasteiger partial charge in [0.2, 0.25) is 0 Å². The molecule has 0 aliphatic rings. The molecule has 0 aliphatic heterocycles. The highest BCUT2D eigenvalue weighted by atomic mass is 16.7. The van der Waals surface area contributed by atoms with Crippen LogP contribution in [0.2, 0.25) is 0 Å². The maximum atomic E-state index is 9.80. The molecule has 0 aliphatic carbocycles. The minimum absolute atomic E-state index is 1.23. The maximum absolute atomic E-state index is 9.80. The van der Waals surface area contributed by atoms with Gasteiger partial charge in [-0.3, -0.25) is 0 Å². The Hall–Kier alpha value is -0.610. The summed E-state index contributed by atoms with van der Waals surface area (Å²) < 4.78 is 8.55. The summed E-state index contributed by atoms with van der Waals surface area (Å²) in [5.41, 5.74) is 0. The Kier molecular flexibility index (Phi) is 3.14. The van der Waals surface area contributed by atoms with Crippen LogP contribution in [-0.4, -0.2) is 26.5 Å². The molecule has 0 aromatic heterocycles. The van der Waals surface area contributed by atoms with Crippen molar-refractivity contribution in [1.82, 2.24) is 0 Å². The summed E-state index contributed by atoms with van der Waals surface area (Å²) in [5.74, 6) is -1.37. The van der Waals surface area contributed by atoms with Gasteiger partial charge < -0.3 is 19.4 Å². The zero-order chi connectivity index (χ0) is 6.57. The SMILES string of the molecule is COC(OC)C(=O)[O-]. The number of carbonyl (C=O) groups is 1. The van der Waals surface area contributed by atoms with Gasteiger partial charge in [0, 0.05) is 14.2 Å². The van der Waals surface area contributed by atoms with Gasteiger partial charge >= 0.3 is 0 Å². The van der Waals surface area contributed by atoms with Crippen molar-refractivity contribution >= 4 is 5.97 Å². The molecule has 0 N–H and O–H groups in total. The highest BCUT2D eigenvalue weighted by Crippen LogP contribution is 1.85. The Morgan fingerprint density at radius 3 is 1.88 bits per heavy atom. The first-order chi connectivity index (χ1) is 3.72. The van der Waals surface area contributed by atoms with E-state index < -0.39 is 12.3 Å². The van der Waals surface area contributed by atoms with Gasteiger partial charge in [-0.05, 0) is 0 Å². The standard InChI is InChI=1S/C4H8O4/c1-7-4(8-2)3(5)6/h4H,1-2H3,(H,5,6)/p-1. The molecular weight excluding hydrogens is 112 g/mol. The zero-order valence-electron chi connectivity index (χ0n) is 4.71. The summed E-state index contributed by atoms with van der Waals surface area (Å²) in [7, 11) is 2.45. The molecule has 0 amide bonds. The Labute approximate surface area is 47.0 Å². The minimum Gasteiger partial charge on any atom is -0.545 e. The number of methoxy groups -OCH3 is 2. The van der Waals surface area contributed by atoms with Crippen molar-refractivity contribution in [3.05, 3.63) is 0 Å². The quantitative estimate of drug-likeness (QED) is 0.418. The van der Waals surface area contributed by atoms with E-state index in [4.69, 9.17) is 0 Å². The topological polar surface area (TPSA) is 58.6 Å². The summed E-state index contributed by atoms with van der Waals surface area (Å²) in [6, 6.07) is 0. The molecule has 0 saturated carbocycles. The molecule has 0 aromatic carbocycles. The van der Waals surface area contributed by atoms with Gasteiger partial charge in [-0.2, -0.15) is 0 Å². The van der Waals surface area contributed by atoms with Gasteiger partial charge in [0.15, 0.2) is 6.29 Å². The summed E-state index contributed by atoms with van der Waals surface area (Å²) in [6.45, 7) is 0. The molecule has 0 heterocycles. The third kappa shape index (κ3) is 1.90. The molecular formula is C4H7O4-. The number of carboxylic acids is 1. The van der Waals surface area contributed by atoms with Crippen LogP contribution in [0, 0.1) is 0 Å². The van der Waals surface area contributed by atoms with E-state index in [1.54, 1.807) is 0 Å². The molecule has 0 atom stereocenters. The molecule has 0 aromatic rings. The number of carboxylic acid groups (broad SMARTS) is 1. The summed E-state index contributed by atoms with van der Waals surface area (Å²) in [4.78, 5) is 9.80. The fourth-order valence-electron chi connectivity index (χ4n) is 0.289. The van der Waals surface area contributed by atoms with Crippen molar-refractivity contribution in [2.45, 2.75) is 6.29 Å². The zero-order valence-corrected chi connectivity index (χ0v) is 4.71. The number of hydrogen-bond donors (Lipinski definition) is 0. The molecule has 8 heavy (non-hydrogen) atoms. The van der Waals surface area contributed by atoms with Crippen LogP contribution < -0.4 is 5.11 Å². The van der Waals surface area contributed by atoms with Crippen LogP contribution in [0.5, 0.6) is 0 Å². The van der Waals surface area contributed by atoms with Crippen LogP contribution in [0.15, 0.2) is 0 Å². The van der Waals surface area contributed by atoms with Crippen molar-refractivity contribution in [3.63, 3.8) is 0 Å². The first-order valence-electron chi connectivity index (χ1n) is 1.98. The number of ether oxygens (including phenoxy) is 2. The number of aliphatic carboxylic acids is 1. The highest BCUT2D eigenvalue weighted by molar-refractivity contribution is 5.68. The lowest BCUT2D eigenvalue weighted by Crippen LogP contribution is -2.37. The third-order valence-electron chi connectivity index (χ3n) is 0.621. The van der Waals surface area contributed by atoms with Crippen molar-refractivity contribution in [2.24, 2.45) is 0 Å². The second kappa shape index (κ2) is 3.40. The van der Waals surface area contributed by atoms with E-state index in [1.807, 2.05) is 0 Å². The fourth-order valence-corrected chi connectivity index (χ4v) is 0.289. The summed E-state index contributed by atoms with van der Waals surface area (Å²) >= 11 is 0. The van der Waals surface area contributed by atoms with E-state index >= 15 is 0 Å². The number of carbonyl (C=O) groups excluding carboxylic acids is 1. The van der Waals surface area contributed by atoms with E-state index in [-0.39, 0.29) is 0 Å². The van der Waals surface area contributed by atoms with Gasteiger partial charge in [-0.1, -0.05) is 0 Å². The lowest BCUT2D eigenvalue weighted by molar-refractivity contribution is -0.331. The van der Waals surface area contributed by atoms with Crippen LogP contribution >= 0.6 is 0 Å². The summed E-state index contributed by atoms with van der Waals surface area (Å²) in [5, 5.41) is 9.80. The molecule has 4 heteroatoms. The van der Waals surface area contributed by atoms with Crippen LogP contribution in [0.1, 0.15) is 0 Å². The summed E-state index contributed by atoms with van der Waals surface area (Å²) in [6.07, 6.45) is -1.24.